The maximum Gasteiger partial charge on any atom is 0.255 e. The number of hydrogen-bond donors (Lipinski definition) is 2. The van der Waals surface area contributed by atoms with Crippen LogP contribution in [0.4, 0.5) is 11.4 Å². The van der Waals surface area contributed by atoms with Crippen molar-refractivity contribution in [2.24, 2.45) is 5.92 Å². The van der Waals surface area contributed by atoms with E-state index in [4.69, 9.17) is 4.74 Å². The predicted molar refractivity (Wildman–Crippen MR) is 111 cm³/mol. The zero-order valence-electron chi connectivity index (χ0n) is 16.6. The minimum absolute atomic E-state index is 0.00488. The molecule has 1 aliphatic rings. The first kappa shape index (κ1) is 20.4. The Morgan fingerprint density at radius 1 is 0.966 bits per heavy atom. The number of ether oxygens (including phenoxy) is 1. The summed E-state index contributed by atoms with van der Waals surface area (Å²) in [5.41, 5.74) is 1.77. The van der Waals surface area contributed by atoms with Crippen molar-refractivity contribution in [2.45, 2.75) is 19.8 Å². The van der Waals surface area contributed by atoms with Gasteiger partial charge in [0.2, 0.25) is 11.8 Å². The molecule has 1 aliphatic heterocycles. The molecule has 7 heteroatoms. The summed E-state index contributed by atoms with van der Waals surface area (Å²) < 4.78 is 5.10. The van der Waals surface area contributed by atoms with Crippen LogP contribution >= 0.6 is 0 Å². The van der Waals surface area contributed by atoms with Crippen LogP contribution in [0.5, 0.6) is 5.75 Å². The Hall–Kier alpha value is -3.35. The van der Waals surface area contributed by atoms with Crippen molar-refractivity contribution >= 4 is 29.1 Å². The van der Waals surface area contributed by atoms with Gasteiger partial charge in [0.1, 0.15) is 5.75 Å². The number of hydrogen-bond acceptors (Lipinski definition) is 4. The van der Waals surface area contributed by atoms with E-state index in [1.165, 1.54) is 6.92 Å². The van der Waals surface area contributed by atoms with Crippen molar-refractivity contribution in [3.8, 4) is 5.75 Å². The standard InChI is InChI=1S/C22H25N3O4/c1-15(26)25-13-3-4-17(14-25)22(28)24-18-7-5-16(6-8-18)21(27)23-19-9-11-20(29-2)12-10-19/h5-12,17H,3-4,13-14H2,1-2H3,(H,23,27)(H,24,28)/t17-/m1/s1. The van der Waals surface area contributed by atoms with Gasteiger partial charge in [-0.15, -0.1) is 0 Å². The van der Waals surface area contributed by atoms with E-state index in [0.717, 1.165) is 12.8 Å². The van der Waals surface area contributed by atoms with E-state index in [9.17, 15) is 14.4 Å². The summed E-state index contributed by atoms with van der Waals surface area (Å²) in [6, 6.07) is 13.8. The van der Waals surface area contributed by atoms with Crippen LogP contribution in [0.15, 0.2) is 48.5 Å². The van der Waals surface area contributed by atoms with E-state index >= 15 is 0 Å². The molecule has 152 valence electrons. The van der Waals surface area contributed by atoms with E-state index in [-0.39, 0.29) is 23.6 Å². The van der Waals surface area contributed by atoms with Gasteiger partial charge in [0, 0.05) is 37.0 Å². The number of piperidine rings is 1. The predicted octanol–water partition coefficient (Wildman–Crippen LogP) is 3.14. The molecule has 0 aromatic heterocycles. The molecule has 0 unspecified atom stereocenters. The fourth-order valence-corrected chi connectivity index (χ4v) is 3.30. The van der Waals surface area contributed by atoms with Crippen LogP contribution in [0.3, 0.4) is 0 Å². The maximum absolute atomic E-state index is 12.5. The molecule has 1 fully saturated rings. The van der Waals surface area contributed by atoms with Gasteiger partial charge < -0.3 is 20.3 Å². The van der Waals surface area contributed by atoms with Gasteiger partial charge in [-0.1, -0.05) is 0 Å². The number of amides is 3. The highest BCUT2D eigenvalue weighted by Crippen LogP contribution is 2.20. The zero-order valence-corrected chi connectivity index (χ0v) is 16.6. The van der Waals surface area contributed by atoms with Crippen LogP contribution < -0.4 is 15.4 Å². The highest BCUT2D eigenvalue weighted by molar-refractivity contribution is 6.04. The monoisotopic (exact) mass is 395 g/mol. The van der Waals surface area contributed by atoms with Crippen LogP contribution in [0.25, 0.3) is 0 Å². The van der Waals surface area contributed by atoms with Crippen molar-refractivity contribution in [3.05, 3.63) is 54.1 Å². The van der Waals surface area contributed by atoms with Crippen LogP contribution in [0, 0.1) is 5.92 Å². The minimum atomic E-state index is -0.238. The average Bonchev–Trinajstić information content (AvgIpc) is 2.74. The van der Waals surface area contributed by atoms with Crippen LogP contribution in [0.2, 0.25) is 0 Å². The van der Waals surface area contributed by atoms with E-state index in [0.29, 0.717) is 35.8 Å². The summed E-state index contributed by atoms with van der Waals surface area (Å²) in [4.78, 5) is 38.1. The molecule has 0 bridgehead atoms. The first-order valence-electron chi connectivity index (χ1n) is 9.58. The topological polar surface area (TPSA) is 87.7 Å². The highest BCUT2D eigenvalue weighted by atomic mass is 16.5. The van der Waals surface area contributed by atoms with Gasteiger partial charge in [-0.3, -0.25) is 14.4 Å². The lowest BCUT2D eigenvalue weighted by molar-refractivity contribution is -0.132. The molecule has 1 saturated heterocycles. The lowest BCUT2D eigenvalue weighted by Crippen LogP contribution is -2.42. The second-order valence-electron chi connectivity index (χ2n) is 7.05. The third-order valence-corrected chi connectivity index (χ3v) is 5.00. The Kier molecular flexibility index (Phi) is 6.49. The minimum Gasteiger partial charge on any atom is -0.497 e. The zero-order chi connectivity index (χ0) is 20.8. The molecule has 1 heterocycles. The summed E-state index contributed by atoms with van der Waals surface area (Å²) in [6.07, 6.45) is 1.58. The van der Waals surface area contributed by atoms with E-state index in [1.54, 1.807) is 60.5 Å². The molecular weight excluding hydrogens is 370 g/mol. The van der Waals surface area contributed by atoms with Gasteiger partial charge in [0.15, 0.2) is 0 Å². The molecule has 0 aliphatic carbocycles. The Morgan fingerprint density at radius 3 is 2.21 bits per heavy atom. The summed E-state index contributed by atoms with van der Waals surface area (Å²) in [7, 11) is 1.58. The molecule has 7 nitrogen and oxygen atoms in total. The number of anilines is 2. The van der Waals surface area contributed by atoms with Crippen LogP contribution in [0.1, 0.15) is 30.1 Å². The molecule has 2 aromatic rings. The molecule has 3 rings (SSSR count). The second kappa shape index (κ2) is 9.23. The highest BCUT2D eigenvalue weighted by Gasteiger charge is 2.27. The molecule has 2 aromatic carbocycles. The van der Waals surface area contributed by atoms with Crippen molar-refractivity contribution in [1.82, 2.24) is 4.90 Å². The van der Waals surface area contributed by atoms with E-state index in [2.05, 4.69) is 10.6 Å². The van der Waals surface area contributed by atoms with Gasteiger partial charge in [0.25, 0.3) is 5.91 Å². The Labute approximate surface area is 170 Å². The lowest BCUT2D eigenvalue weighted by atomic mass is 9.97. The van der Waals surface area contributed by atoms with Crippen molar-refractivity contribution in [1.29, 1.82) is 0 Å². The normalized spacial score (nSPS) is 16.1. The number of nitrogens with one attached hydrogen (secondary N) is 2. The number of carbonyl (C=O) groups is 3. The van der Waals surface area contributed by atoms with Gasteiger partial charge in [-0.05, 0) is 61.4 Å². The summed E-state index contributed by atoms with van der Waals surface area (Å²) in [6.45, 7) is 2.68. The third kappa shape index (κ3) is 5.34. The molecular formula is C22H25N3O4. The fourth-order valence-electron chi connectivity index (χ4n) is 3.30. The fraction of sp³-hybridized carbons (Fsp3) is 0.318. The SMILES string of the molecule is COc1ccc(NC(=O)c2ccc(NC(=O)[C@@H]3CCCN(C(C)=O)C3)cc2)cc1. The molecule has 1 atom stereocenters. The number of rotatable bonds is 5. The van der Waals surface area contributed by atoms with E-state index in [1.807, 2.05) is 0 Å². The molecule has 0 saturated carbocycles. The van der Waals surface area contributed by atoms with E-state index < -0.39 is 0 Å². The Balaban J connectivity index is 1.57. The number of likely N-dealkylation sites (tertiary alicyclic amines) is 1. The lowest BCUT2D eigenvalue weighted by Gasteiger charge is -2.31. The number of carbonyl (C=O) groups excluding carboxylic acids is 3. The molecule has 3 amide bonds. The van der Waals surface area contributed by atoms with Gasteiger partial charge in [0.05, 0.1) is 13.0 Å². The summed E-state index contributed by atoms with van der Waals surface area (Å²) in [5.74, 6) is 0.150. The quantitative estimate of drug-likeness (QED) is 0.814. The van der Waals surface area contributed by atoms with Gasteiger partial charge in [-0.25, -0.2) is 0 Å². The first-order chi connectivity index (χ1) is 14.0. The smallest absolute Gasteiger partial charge is 0.255 e. The van der Waals surface area contributed by atoms with Crippen LogP contribution in [-0.2, 0) is 9.59 Å². The van der Waals surface area contributed by atoms with Crippen LogP contribution in [-0.4, -0.2) is 42.8 Å². The third-order valence-electron chi connectivity index (χ3n) is 5.00. The van der Waals surface area contributed by atoms with Gasteiger partial charge >= 0.3 is 0 Å². The summed E-state index contributed by atoms with van der Waals surface area (Å²) in [5, 5.41) is 5.69. The number of methoxy groups -OCH3 is 1. The summed E-state index contributed by atoms with van der Waals surface area (Å²) >= 11 is 0. The molecule has 0 radical (unpaired) electrons. The van der Waals surface area contributed by atoms with Crippen molar-refractivity contribution in [2.75, 3.05) is 30.8 Å². The van der Waals surface area contributed by atoms with Crippen molar-refractivity contribution in [3.63, 3.8) is 0 Å². The Morgan fingerprint density at radius 2 is 1.59 bits per heavy atom. The molecule has 29 heavy (non-hydrogen) atoms. The Bertz CT molecular complexity index is 878. The molecule has 2 N–H and O–H groups in total. The average molecular weight is 395 g/mol. The number of nitrogens with zero attached hydrogens (tertiary/aromatic N) is 1. The second-order valence-corrected chi connectivity index (χ2v) is 7.05. The molecule has 0 spiro atoms. The van der Waals surface area contributed by atoms with Gasteiger partial charge in [-0.2, -0.15) is 0 Å². The van der Waals surface area contributed by atoms with Crippen molar-refractivity contribution < 1.29 is 19.1 Å². The largest absolute Gasteiger partial charge is 0.497 e. The maximum atomic E-state index is 12.5. The first-order valence-corrected chi connectivity index (χ1v) is 9.58. The number of benzene rings is 2.